The molecule has 0 heterocycles. The molecule has 0 amide bonds. The smallest absolute Gasteiger partial charge is 0.240 e. The zero-order chi connectivity index (χ0) is 19.0. The third-order valence-electron chi connectivity index (χ3n) is 4.20. The van der Waals surface area contributed by atoms with Gasteiger partial charge in [0.05, 0.1) is 12.0 Å². The van der Waals surface area contributed by atoms with Gasteiger partial charge in [-0.15, -0.1) is 0 Å². The molecule has 2 rings (SSSR count). The molecule has 2 aromatic carbocycles. The van der Waals surface area contributed by atoms with Gasteiger partial charge in [-0.2, -0.15) is 0 Å². The minimum atomic E-state index is -3.53. The Hall–Kier alpha value is -2.05. The van der Waals surface area contributed by atoms with E-state index < -0.39 is 10.0 Å². The third kappa shape index (κ3) is 6.04. The van der Waals surface area contributed by atoms with E-state index in [9.17, 15) is 8.42 Å². The second-order valence-corrected chi connectivity index (χ2v) is 8.10. The fourth-order valence-corrected chi connectivity index (χ4v) is 3.88. The van der Waals surface area contributed by atoms with Gasteiger partial charge in [0, 0.05) is 18.3 Å². The molecule has 0 bridgehead atoms. The standard InChI is InChI=1S/C20H28N2O3S/c1-4-5-6-18(15-21-17-9-11-19(25-3)12-10-17)22-26(23,24)20-13-7-16(2)8-14-20/h7-14,18,21-22H,4-6,15H2,1-3H3. The number of hydrogen-bond donors (Lipinski definition) is 2. The van der Waals surface area contributed by atoms with E-state index in [1.807, 2.05) is 43.3 Å². The van der Waals surface area contributed by atoms with Crippen LogP contribution in [0.5, 0.6) is 5.75 Å². The molecule has 0 spiro atoms. The van der Waals surface area contributed by atoms with E-state index in [1.54, 1.807) is 19.2 Å². The van der Waals surface area contributed by atoms with E-state index in [-0.39, 0.29) is 6.04 Å². The molecule has 26 heavy (non-hydrogen) atoms. The maximum atomic E-state index is 12.7. The molecule has 2 N–H and O–H groups in total. The lowest BCUT2D eigenvalue weighted by atomic mass is 10.1. The summed E-state index contributed by atoms with van der Waals surface area (Å²) in [5.41, 5.74) is 1.97. The summed E-state index contributed by atoms with van der Waals surface area (Å²) in [6, 6.07) is 14.3. The molecular weight excluding hydrogens is 348 g/mol. The predicted molar refractivity (Wildman–Crippen MR) is 106 cm³/mol. The number of hydrogen-bond acceptors (Lipinski definition) is 4. The number of rotatable bonds is 10. The molecule has 0 radical (unpaired) electrons. The molecule has 0 saturated carbocycles. The normalized spacial score (nSPS) is 12.6. The zero-order valence-electron chi connectivity index (χ0n) is 15.7. The van der Waals surface area contributed by atoms with Crippen molar-refractivity contribution in [1.82, 2.24) is 4.72 Å². The van der Waals surface area contributed by atoms with Crippen molar-refractivity contribution < 1.29 is 13.2 Å². The Morgan fingerprint density at radius 1 is 1.04 bits per heavy atom. The molecule has 0 aliphatic rings. The minimum Gasteiger partial charge on any atom is -0.497 e. The van der Waals surface area contributed by atoms with Crippen molar-refractivity contribution in [3.63, 3.8) is 0 Å². The van der Waals surface area contributed by atoms with Crippen molar-refractivity contribution in [3.8, 4) is 5.75 Å². The van der Waals surface area contributed by atoms with Crippen LogP contribution in [-0.4, -0.2) is 28.1 Å². The summed E-state index contributed by atoms with van der Waals surface area (Å²) in [7, 11) is -1.90. The van der Waals surface area contributed by atoms with Gasteiger partial charge in [-0.05, 0) is 49.7 Å². The molecule has 2 aromatic rings. The molecular formula is C20H28N2O3S. The van der Waals surface area contributed by atoms with E-state index >= 15 is 0 Å². The van der Waals surface area contributed by atoms with Crippen LogP contribution in [0.25, 0.3) is 0 Å². The molecule has 0 fully saturated rings. The number of methoxy groups -OCH3 is 1. The maximum Gasteiger partial charge on any atom is 0.240 e. The summed E-state index contributed by atoms with van der Waals surface area (Å²) in [6.07, 6.45) is 2.77. The van der Waals surface area contributed by atoms with Crippen LogP contribution in [-0.2, 0) is 10.0 Å². The summed E-state index contributed by atoms with van der Waals surface area (Å²) in [5.74, 6) is 0.790. The molecule has 5 nitrogen and oxygen atoms in total. The Kier molecular flexibility index (Phi) is 7.48. The van der Waals surface area contributed by atoms with Crippen LogP contribution < -0.4 is 14.8 Å². The number of unbranched alkanes of at least 4 members (excludes halogenated alkanes) is 1. The number of benzene rings is 2. The summed E-state index contributed by atoms with van der Waals surface area (Å²) in [6.45, 7) is 4.56. The van der Waals surface area contributed by atoms with Crippen molar-refractivity contribution in [1.29, 1.82) is 0 Å². The molecule has 142 valence electrons. The highest BCUT2D eigenvalue weighted by Crippen LogP contribution is 2.16. The first-order valence-corrected chi connectivity index (χ1v) is 10.4. The van der Waals surface area contributed by atoms with E-state index in [1.165, 1.54) is 0 Å². The minimum absolute atomic E-state index is 0.177. The Morgan fingerprint density at radius 3 is 2.27 bits per heavy atom. The number of nitrogens with one attached hydrogen (secondary N) is 2. The fraction of sp³-hybridized carbons (Fsp3) is 0.400. The fourth-order valence-electron chi connectivity index (χ4n) is 2.61. The first-order chi connectivity index (χ1) is 12.4. The monoisotopic (exact) mass is 376 g/mol. The molecule has 0 saturated heterocycles. The summed E-state index contributed by atoms with van der Waals surface area (Å²) < 4.78 is 33.3. The highest BCUT2D eigenvalue weighted by Gasteiger charge is 2.19. The predicted octanol–water partition coefficient (Wildman–Crippen LogP) is 3.95. The van der Waals surface area contributed by atoms with Crippen molar-refractivity contribution >= 4 is 15.7 Å². The molecule has 6 heteroatoms. The lowest BCUT2D eigenvalue weighted by Gasteiger charge is -2.20. The van der Waals surface area contributed by atoms with Crippen molar-refractivity contribution in [2.45, 2.75) is 44.0 Å². The Bertz CT molecular complexity index is 772. The largest absolute Gasteiger partial charge is 0.497 e. The van der Waals surface area contributed by atoms with E-state index in [0.29, 0.717) is 11.4 Å². The zero-order valence-corrected chi connectivity index (χ0v) is 16.5. The second kappa shape index (κ2) is 9.59. The Balaban J connectivity index is 2.04. The van der Waals surface area contributed by atoms with Gasteiger partial charge in [-0.3, -0.25) is 0 Å². The van der Waals surface area contributed by atoms with Gasteiger partial charge in [0.25, 0.3) is 0 Å². The van der Waals surface area contributed by atoms with E-state index in [2.05, 4.69) is 17.0 Å². The summed E-state index contributed by atoms with van der Waals surface area (Å²) >= 11 is 0. The van der Waals surface area contributed by atoms with E-state index in [0.717, 1.165) is 36.3 Å². The van der Waals surface area contributed by atoms with Gasteiger partial charge in [0.15, 0.2) is 0 Å². The van der Waals surface area contributed by atoms with Crippen LogP contribution in [0.15, 0.2) is 53.4 Å². The molecule has 1 atom stereocenters. The SMILES string of the molecule is CCCCC(CNc1ccc(OC)cc1)NS(=O)(=O)c1ccc(C)cc1. The van der Waals surface area contributed by atoms with Gasteiger partial charge in [0.1, 0.15) is 5.75 Å². The van der Waals surface area contributed by atoms with E-state index in [4.69, 9.17) is 4.74 Å². The summed E-state index contributed by atoms with van der Waals surface area (Å²) in [4.78, 5) is 0.300. The number of sulfonamides is 1. The molecule has 1 unspecified atom stereocenters. The molecule has 0 aromatic heterocycles. The number of aryl methyl sites for hydroxylation is 1. The van der Waals surface area contributed by atoms with Crippen LogP contribution >= 0.6 is 0 Å². The lowest BCUT2D eigenvalue weighted by Crippen LogP contribution is -2.39. The van der Waals surface area contributed by atoms with Crippen LogP contribution in [0.3, 0.4) is 0 Å². The first-order valence-electron chi connectivity index (χ1n) is 8.91. The van der Waals surface area contributed by atoms with Crippen LogP contribution in [0, 0.1) is 6.92 Å². The average Bonchev–Trinajstić information content (AvgIpc) is 2.64. The average molecular weight is 377 g/mol. The van der Waals surface area contributed by atoms with Crippen molar-refractivity contribution in [2.75, 3.05) is 19.0 Å². The molecule has 0 aliphatic carbocycles. The van der Waals surface area contributed by atoms with Gasteiger partial charge < -0.3 is 10.1 Å². The van der Waals surface area contributed by atoms with Crippen molar-refractivity contribution in [3.05, 3.63) is 54.1 Å². The summed E-state index contributed by atoms with van der Waals surface area (Å²) in [5, 5.41) is 3.31. The second-order valence-electron chi connectivity index (χ2n) is 6.38. The van der Waals surface area contributed by atoms with Crippen LogP contribution in [0.4, 0.5) is 5.69 Å². The third-order valence-corrected chi connectivity index (χ3v) is 5.74. The maximum absolute atomic E-state index is 12.7. The van der Waals surface area contributed by atoms with Gasteiger partial charge >= 0.3 is 0 Å². The van der Waals surface area contributed by atoms with Gasteiger partial charge in [0.2, 0.25) is 10.0 Å². The Morgan fingerprint density at radius 2 is 1.69 bits per heavy atom. The van der Waals surface area contributed by atoms with Gasteiger partial charge in [-0.1, -0.05) is 37.5 Å². The van der Waals surface area contributed by atoms with Crippen LogP contribution in [0.1, 0.15) is 31.7 Å². The Labute approximate surface area is 156 Å². The highest BCUT2D eigenvalue weighted by atomic mass is 32.2. The first kappa shape index (κ1) is 20.3. The number of anilines is 1. The van der Waals surface area contributed by atoms with Crippen LogP contribution in [0.2, 0.25) is 0 Å². The number of ether oxygens (including phenoxy) is 1. The lowest BCUT2D eigenvalue weighted by molar-refractivity contribution is 0.415. The molecule has 0 aliphatic heterocycles. The quantitative estimate of drug-likeness (QED) is 0.659. The topological polar surface area (TPSA) is 67.4 Å². The van der Waals surface area contributed by atoms with Gasteiger partial charge in [-0.25, -0.2) is 13.1 Å². The van der Waals surface area contributed by atoms with Crippen molar-refractivity contribution in [2.24, 2.45) is 0 Å². The highest BCUT2D eigenvalue weighted by molar-refractivity contribution is 7.89.